The van der Waals surface area contributed by atoms with Gasteiger partial charge in [-0.2, -0.15) is 0 Å². The van der Waals surface area contributed by atoms with Crippen molar-refractivity contribution >= 4 is 23.4 Å². The van der Waals surface area contributed by atoms with E-state index in [4.69, 9.17) is 30.3 Å². The lowest BCUT2D eigenvalue weighted by Gasteiger charge is -2.36. The zero-order valence-electron chi connectivity index (χ0n) is 18.6. The number of rotatable bonds is 6. The fraction of sp³-hybridized carbons (Fsp3) is 0.429. The van der Waals surface area contributed by atoms with Crippen molar-refractivity contribution in [1.82, 2.24) is 14.0 Å². The number of nitrogens with two attached hydrogens (primary N) is 1. The number of carboxylic acid groups (broad SMARTS) is 2. The molecule has 2 heterocycles. The molecule has 1 aromatic heterocycles. The maximum absolute atomic E-state index is 12.1. The number of nitrogen functional groups attached to an aromatic ring is 1. The summed E-state index contributed by atoms with van der Waals surface area (Å²) < 4.78 is 8.39. The van der Waals surface area contributed by atoms with E-state index < -0.39 is 11.9 Å². The topological polar surface area (TPSA) is 160 Å². The van der Waals surface area contributed by atoms with Gasteiger partial charge in [-0.3, -0.25) is 18.8 Å². The Morgan fingerprint density at radius 2 is 1.64 bits per heavy atom. The first kappa shape index (κ1) is 25.5. The average molecular weight is 463 g/mol. The van der Waals surface area contributed by atoms with E-state index in [0.29, 0.717) is 18.1 Å². The third-order valence-electron chi connectivity index (χ3n) is 5.13. The molecule has 0 amide bonds. The first-order chi connectivity index (χ1) is 15.6. The molecule has 0 radical (unpaired) electrons. The number of nitrogens with zero attached hydrogens (tertiary/aromatic N) is 4. The molecule has 0 bridgehead atoms. The van der Waals surface area contributed by atoms with Crippen LogP contribution in [-0.4, -0.2) is 75.5 Å². The summed E-state index contributed by atoms with van der Waals surface area (Å²) in [7, 11) is 3.20. The predicted octanol–water partition coefficient (Wildman–Crippen LogP) is -0.587. The van der Waals surface area contributed by atoms with Crippen LogP contribution in [0.1, 0.15) is 6.42 Å². The molecule has 1 fully saturated rings. The van der Waals surface area contributed by atoms with Gasteiger partial charge in [-0.1, -0.05) is 6.07 Å². The third kappa shape index (κ3) is 7.38. The van der Waals surface area contributed by atoms with Crippen LogP contribution >= 0.6 is 0 Å². The fourth-order valence-electron chi connectivity index (χ4n) is 3.31. The lowest BCUT2D eigenvalue weighted by Crippen LogP contribution is -2.49. The zero-order valence-corrected chi connectivity index (χ0v) is 18.6. The fourth-order valence-corrected chi connectivity index (χ4v) is 3.31. The van der Waals surface area contributed by atoms with E-state index in [9.17, 15) is 9.59 Å². The largest absolute Gasteiger partial charge is 0.493 e. The van der Waals surface area contributed by atoms with E-state index in [1.54, 1.807) is 7.05 Å². The predicted molar refractivity (Wildman–Crippen MR) is 122 cm³/mol. The summed E-state index contributed by atoms with van der Waals surface area (Å²) in [6, 6.07) is 8.99. The summed E-state index contributed by atoms with van der Waals surface area (Å²) in [4.78, 5) is 46.7. The minimum Gasteiger partial charge on any atom is -0.493 e. The molecule has 0 atom stereocenters. The number of hydrogen-bond donors (Lipinski definition) is 3. The highest BCUT2D eigenvalue weighted by molar-refractivity contribution is 6.27. The third-order valence-corrected chi connectivity index (χ3v) is 5.13. The molecule has 12 nitrogen and oxygen atoms in total. The van der Waals surface area contributed by atoms with Gasteiger partial charge < -0.3 is 25.6 Å². The number of hydrogen-bond acceptors (Lipinski definition) is 8. The van der Waals surface area contributed by atoms with Gasteiger partial charge in [0.05, 0.1) is 6.61 Å². The number of carboxylic acids is 2. The van der Waals surface area contributed by atoms with Gasteiger partial charge in [0.1, 0.15) is 11.6 Å². The van der Waals surface area contributed by atoms with E-state index in [1.807, 2.05) is 24.3 Å². The smallest absolute Gasteiger partial charge is 0.414 e. The van der Waals surface area contributed by atoms with Crippen LogP contribution in [0.15, 0.2) is 39.9 Å². The van der Waals surface area contributed by atoms with Crippen molar-refractivity contribution in [3.8, 4) is 5.75 Å². The minimum absolute atomic E-state index is 0.269. The molecule has 3 rings (SSSR count). The number of aromatic nitrogens is 2. The normalized spacial score (nSPS) is 13.7. The van der Waals surface area contributed by atoms with Gasteiger partial charge in [-0.05, 0) is 18.6 Å². The van der Waals surface area contributed by atoms with Crippen LogP contribution < -0.4 is 26.6 Å². The van der Waals surface area contributed by atoms with Crippen molar-refractivity contribution in [2.45, 2.75) is 6.42 Å². The van der Waals surface area contributed by atoms with Crippen molar-refractivity contribution in [2.24, 2.45) is 14.1 Å². The number of piperazine rings is 1. The zero-order chi connectivity index (χ0) is 24.5. The summed E-state index contributed by atoms with van der Waals surface area (Å²) >= 11 is 0. The highest BCUT2D eigenvalue weighted by Crippen LogP contribution is 2.15. The van der Waals surface area contributed by atoms with Gasteiger partial charge in [0.25, 0.3) is 5.56 Å². The van der Waals surface area contributed by atoms with E-state index in [1.165, 1.54) is 17.7 Å². The summed E-state index contributed by atoms with van der Waals surface area (Å²) in [5.41, 5.74) is 5.88. The quantitative estimate of drug-likeness (QED) is 0.287. The Labute approximate surface area is 190 Å². The molecule has 12 heteroatoms. The molecular weight excluding hydrogens is 434 g/mol. The van der Waals surface area contributed by atoms with E-state index in [-0.39, 0.29) is 11.2 Å². The van der Waals surface area contributed by atoms with Gasteiger partial charge in [-0.15, -0.1) is 0 Å². The number of anilines is 2. The van der Waals surface area contributed by atoms with Gasteiger partial charge >= 0.3 is 17.6 Å². The monoisotopic (exact) mass is 463 g/mol. The summed E-state index contributed by atoms with van der Waals surface area (Å²) in [5.74, 6) is -2.16. The molecule has 2 aromatic rings. The number of aliphatic carboxylic acids is 2. The lowest BCUT2D eigenvalue weighted by atomic mass is 10.3. The molecule has 1 aliphatic rings. The van der Waals surface area contributed by atoms with Crippen LogP contribution in [0.25, 0.3) is 0 Å². The maximum atomic E-state index is 12.1. The molecule has 0 saturated carbocycles. The van der Waals surface area contributed by atoms with Gasteiger partial charge in [0.15, 0.2) is 0 Å². The molecular formula is C21H29N5O7. The van der Waals surface area contributed by atoms with Gasteiger partial charge in [0.2, 0.25) is 0 Å². The SMILES string of the molecule is Cn1c(N2CCN(CCCOc3cccc(N)c3)CC2)cc(=O)n(C)c1=O.O=C(O)C(=O)O. The molecule has 33 heavy (non-hydrogen) atoms. The van der Waals surface area contributed by atoms with Crippen LogP contribution in [0.2, 0.25) is 0 Å². The highest BCUT2D eigenvalue weighted by Gasteiger charge is 2.20. The Balaban J connectivity index is 0.000000569. The highest BCUT2D eigenvalue weighted by atomic mass is 16.5. The van der Waals surface area contributed by atoms with Crippen molar-refractivity contribution < 1.29 is 24.5 Å². The van der Waals surface area contributed by atoms with E-state index >= 15 is 0 Å². The number of carbonyl (C=O) groups is 2. The van der Waals surface area contributed by atoms with Crippen LogP contribution in [0, 0.1) is 0 Å². The van der Waals surface area contributed by atoms with Gasteiger partial charge in [-0.25, -0.2) is 14.4 Å². The minimum atomic E-state index is -1.82. The summed E-state index contributed by atoms with van der Waals surface area (Å²) in [5, 5.41) is 14.8. The lowest BCUT2D eigenvalue weighted by molar-refractivity contribution is -0.159. The van der Waals surface area contributed by atoms with Gasteiger partial charge in [0, 0.05) is 64.6 Å². The average Bonchev–Trinajstić information content (AvgIpc) is 2.78. The Bertz CT molecular complexity index is 1080. The molecule has 1 aliphatic heterocycles. The summed E-state index contributed by atoms with van der Waals surface area (Å²) in [6.45, 7) is 4.95. The molecule has 1 saturated heterocycles. The molecule has 0 aliphatic carbocycles. The van der Waals surface area contributed by atoms with Crippen molar-refractivity contribution in [3.63, 3.8) is 0 Å². The standard InChI is InChI=1S/C19H27N5O3.C2H2O4/c1-21-17(14-18(25)22(2)19(21)26)24-10-8-23(9-11-24)7-4-12-27-16-6-3-5-15(20)13-16;3-1(4)2(5)6/h3,5-6,13-14H,4,7-12,20H2,1-2H3;(H,3,4)(H,5,6). The van der Waals surface area contributed by atoms with Crippen LogP contribution in [-0.2, 0) is 23.7 Å². The number of ether oxygens (including phenoxy) is 1. The Kier molecular flexibility index (Phi) is 9.04. The van der Waals surface area contributed by atoms with Crippen molar-refractivity contribution in [1.29, 1.82) is 0 Å². The summed E-state index contributed by atoms with van der Waals surface area (Å²) in [6.07, 6.45) is 0.930. The second kappa shape index (κ2) is 11.7. The van der Waals surface area contributed by atoms with Crippen LogP contribution in [0.5, 0.6) is 5.75 Å². The van der Waals surface area contributed by atoms with Crippen LogP contribution in [0.3, 0.4) is 0 Å². The molecule has 4 N–H and O–H groups in total. The second-order valence-electron chi connectivity index (χ2n) is 7.45. The van der Waals surface area contributed by atoms with Crippen LogP contribution in [0.4, 0.5) is 11.5 Å². The van der Waals surface area contributed by atoms with E-state index in [0.717, 1.165) is 49.5 Å². The van der Waals surface area contributed by atoms with E-state index in [2.05, 4.69) is 9.80 Å². The molecule has 180 valence electrons. The second-order valence-corrected chi connectivity index (χ2v) is 7.45. The first-order valence-corrected chi connectivity index (χ1v) is 10.3. The molecule has 0 spiro atoms. The molecule has 0 unspecified atom stereocenters. The Hall–Kier alpha value is -3.80. The maximum Gasteiger partial charge on any atom is 0.414 e. The molecule has 1 aromatic carbocycles. The van der Waals surface area contributed by atoms with Crippen molar-refractivity contribution in [3.05, 3.63) is 51.2 Å². The Morgan fingerprint density at radius 1 is 1.00 bits per heavy atom. The Morgan fingerprint density at radius 3 is 2.21 bits per heavy atom. The van der Waals surface area contributed by atoms with Crippen molar-refractivity contribution in [2.75, 3.05) is 50.0 Å². The number of benzene rings is 1. The first-order valence-electron chi connectivity index (χ1n) is 10.3.